The summed E-state index contributed by atoms with van der Waals surface area (Å²) in [6.45, 7) is 6.23. The van der Waals surface area contributed by atoms with E-state index in [-0.39, 0.29) is 41.6 Å². The van der Waals surface area contributed by atoms with Crippen molar-refractivity contribution in [3.8, 4) is 0 Å². The summed E-state index contributed by atoms with van der Waals surface area (Å²) in [4.78, 5) is 28.7. The van der Waals surface area contributed by atoms with Gasteiger partial charge in [-0.3, -0.25) is 9.59 Å². The van der Waals surface area contributed by atoms with Crippen molar-refractivity contribution in [1.29, 1.82) is 0 Å². The molecule has 4 aliphatic heterocycles. The van der Waals surface area contributed by atoms with Crippen molar-refractivity contribution < 1.29 is 19.1 Å². The van der Waals surface area contributed by atoms with E-state index in [0.29, 0.717) is 6.61 Å². The largest absolute Gasteiger partial charge is 0.353 e. The Morgan fingerprint density at radius 1 is 1.23 bits per heavy atom. The summed E-state index contributed by atoms with van der Waals surface area (Å²) in [5, 5.41) is 0. The molecule has 0 spiro atoms. The summed E-state index contributed by atoms with van der Waals surface area (Å²) in [6, 6.07) is 7.59. The molecule has 4 heterocycles. The number of hydrogen-bond acceptors (Lipinski definition) is 5. The van der Waals surface area contributed by atoms with Gasteiger partial charge in [0.05, 0.1) is 30.7 Å². The predicted molar refractivity (Wildman–Crippen MR) is 96.6 cm³/mol. The third-order valence-corrected chi connectivity index (χ3v) is 6.16. The van der Waals surface area contributed by atoms with Crippen LogP contribution in [0.2, 0.25) is 0 Å². The third kappa shape index (κ3) is 2.04. The quantitative estimate of drug-likeness (QED) is 0.776. The number of anilines is 1. The maximum atomic E-state index is 13.5. The molecule has 5 nitrogen and oxygen atoms in total. The second-order valence-electron chi connectivity index (χ2n) is 8.72. The lowest BCUT2D eigenvalue weighted by Crippen LogP contribution is -2.51. The number of carbonyl (C=O) groups excluding carboxylic acids is 2. The molecule has 2 bridgehead atoms. The number of para-hydroxylation sites is 1. The third-order valence-electron chi connectivity index (χ3n) is 6.16. The van der Waals surface area contributed by atoms with Crippen molar-refractivity contribution in [2.24, 2.45) is 17.3 Å². The number of fused-ring (bicyclic) bond motifs is 8. The van der Waals surface area contributed by atoms with Gasteiger partial charge in [-0.1, -0.05) is 51.1 Å². The van der Waals surface area contributed by atoms with Gasteiger partial charge in [0.1, 0.15) is 0 Å². The van der Waals surface area contributed by atoms with Crippen LogP contribution < -0.4 is 4.90 Å². The zero-order valence-corrected chi connectivity index (χ0v) is 15.2. The molecule has 5 rings (SSSR count). The highest BCUT2D eigenvalue weighted by molar-refractivity contribution is 5.98. The smallest absolute Gasteiger partial charge is 0.218 e. The number of hydrogen-bond donors (Lipinski definition) is 0. The van der Waals surface area contributed by atoms with Crippen molar-refractivity contribution in [2.75, 3.05) is 11.5 Å². The fraction of sp³-hybridized carbons (Fsp3) is 0.524. The molecule has 0 aliphatic carbocycles. The maximum Gasteiger partial charge on any atom is 0.218 e. The highest BCUT2D eigenvalue weighted by Crippen LogP contribution is 2.51. The van der Waals surface area contributed by atoms with E-state index in [9.17, 15) is 9.59 Å². The van der Waals surface area contributed by atoms with Crippen LogP contribution >= 0.6 is 0 Å². The summed E-state index contributed by atoms with van der Waals surface area (Å²) in [6.07, 6.45) is 3.18. The van der Waals surface area contributed by atoms with Gasteiger partial charge in [-0.2, -0.15) is 0 Å². The van der Waals surface area contributed by atoms with E-state index in [0.717, 1.165) is 11.3 Å². The molecule has 136 valence electrons. The van der Waals surface area contributed by atoms with E-state index >= 15 is 0 Å². The van der Waals surface area contributed by atoms with Crippen LogP contribution in [0.5, 0.6) is 0 Å². The molecule has 0 N–H and O–H groups in total. The van der Waals surface area contributed by atoms with Gasteiger partial charge < -0.3 is 14.4 Å². The molecule has 0 radical (unpaired) electrons. The van der Waals surface area contributed by atoms with Crippen LogP contribution in [-0.4, -0.2) is 42.7 Å². The van der Waals surface area contributed by atoms with Crippen molar-refractivity contribution >= 4 is 23.3 Å². The van der Waals surface area contributed by atoms with Gasteiger partial charge in [0.25, 0.3) is 0 Å². The van der Waals surface area contributed by atoms with Crippen molar-refractivity contribution in [3.63, 3.8) is 0 Å². The van der Waals surface area contributed by atoms with Crippen LogP contribution in [-0.2, 0) is 19.1 Å². The molecular weight excluding hydrogens is 330 g/mol. The Bertz CT molecular complexity index is 824. The molecule has 0 saturated carbocycles. The van der Waals surface area contributed by atoms with Gasteiger partial charge in [0.2, 0.25) is 6.29 Å². The molecule has 0 amide bonds. The van der Waals surface area contributed by atoms with Gasteiger partial charge in [-0.05, 0) is 11.6 Å². The Morgan fingerprint density at radius 3 is 2.77 bits per heavy atom. The summed E-state index contributed by atoms with van der Waals surface area (Å²) >= 11 is 0. The Morgan fingerprint density at radius 2 is 2.00 bits per heavy atom. The Hall–Kier alpha value is -1.98. The molecule has 6 atom stereocenters. The standard InChI is InChI=1S/C21H23NO4/c1-21(2,3)19(24)17-16-14-10-25-20(26-14)18(23)15(16)13-9-8-11-6-4-5-7-12(11)22(13)17/h4-9,13-17,20H,10H2,1-3H3/t13-,14-,15+,16-,17+,20+/m1/s1. The number of ketones is 2. The summed E-state index contributed by atoms with van der Waals surface area (Å²) in [5.74, 6) is -0.301. The van der Waals surface area contributed by atoms with Crippen LogP contribution in [0.4, 0.5) is 5.69 Å². The highest BCUT2D eigenvalue weighted by atomic mass is 16.7. The van der Waals surface area contributed by atoms with Crippen LogP contribution in [0.25, 0.3) is 6.08 Å². The molecule has 5 heteroatoms. The second-order valence-corrected chi connectivity index (χ2v) is 8.72. The SMILES string of the molecule is CC(C)(C)C(=O)[C@@H]1[C@H]2[C@@H](C(=O)[C@H]3OC[C@H]2O3)[C@H]2C=Cc3ccccc3N21. The number of rotatable bonds is 1. The zero-order chi connectivity index (χ0) is 18.2. The fourth-order valence-corrected chi connectivity index (χ4v) is 5.02. The summed E-state index contributed by atoms with van der Waals surface area (Å²) in [5.41, 5.74) is 1.62. The molecule has 1 aromatic carbocycles. The fourth-order valence-electron chi connectivity index (χ4n) is 5.02. The van der Waals surface area contributed by atoms with Crippen LogP contribution in [0.3, 0.4) is 0 Å². The lowest BCUT2D eigenvalue weighted by Gasteiger charge is -2.38. The van der Waals surface area contributed by atoms with E-state index in [1.807, 2.05) is 39.0 Å². The first-order valence-electron chi connectivity index (χ1n) is 9.28. The minimum absolute atomic E-state index is 0.0213. The first kappa shape index (κ1) is 16.2. The van der Waals surface area contributed by atoms with Crippen LogP contribution in [0.1, 0.15) is 26.3 Å². The zero-order valence-electron chi connectivity index (χ0n) is 15.2. The monoisotopic (exact) mass is 353 g/mol. The van der Waals surface area contributed by atoms with E-state index in [1.165, 1.54) is 0 Å². The van der Waals surface area contributed by atoms with Crippen LogP contribution in [0, 0.1) is 17.3 Å². The number of benzene rings is 1. The summed E-state index contributed by atoms with van der Waals surface area (Å²) in [7, 11) is 0. The van der Waals surface area contributed by atoms with Gasteiger partial charge in [-0.25, -0.2) is 0 Å². The minimum Gasteiger partial charge on any atom is -0.353 e. The van der Waals surface area contributed by atoms with Gasteiger partial charge in [0.15, 0.2) is 11.6 Å². The first-order chi connectivity index (χ1) is 12.4. The lowest BCUT2D eigenvalue weighted by atomic mass is 9.74. The Labute approximate surface area is 153 Å². The number of nitrogens with zero attached hydrogens (tertiary/aromatic N) is 1. The maximum absolute atomic E-state index is 13.5. The van der Waals surface area contributed by atoms with Gasteiger partial charge in [0, 0.05) is 17.0 Å². The van der Waals surface area contributed by atoms with Crippen molar-refractivity contribution in [3.05, 3.63) is 35.9 Å². The number of carbonyl (C=O) groups is 2. The Kier molecular flexibility index (Phi) is 3.29. The number of Topliss-reactive ketones (excluding diaryl/α,β-unsaturated/α-hetero) is 2. The van der Waals surface area contributed by atoms with Gasteiger partial charge in [-0.15, -0.1) is 0 Å². The second kappa shape index (κ2) is 5.27. The molecular formula is C21H23NO4. The molecule has 4 aliphatic rings. The molecule has 0 aromatic heterocycles. The van der Waals surface area contributed by atoms with Crippen molar-refractivity contribution in [1.82, 2.24) is 0 Å². The predicted octanol–water partition coefficient (Wildman–Crippen LogP) is 2.44. The number of ether oxygens (including phenoxy) is 2. The molecule has 1 aromatic rings. The first-order valence-corrected chi connectivity index (χ1v) is 9.28. The molecule has 3 fully saturated rings. The Balaban J connectivity index is 1.69. The van der Waals surface area contributed by atoms with Gasteiger partial charge >= 0.3 is 0 Å². The van der Waals surface area contributed by atoms with Crippen molar-refractivity contribution in [2.45, 2.75) is 45.2 Å². The lowest BCUT2D eigenvalue weighted by molar-refractivity contribution is -0.164. The average Bonchev–Trinajstić information content (AvgIpc) is 3.19. The topological polar surface area (TPSA) is 55.8 Å². The van der Waals surface area contributed by atoms with E-state index in [1.54, 1.807) is 0 Å². The molecule has 0 unspecified atom stereocenters. The minimum atomic E-state index is -0.767. The van der Waals surface area contributed by atoms with E-state index in [4.69, 9.17) is 9.47 Å². The van der Waals surface area contributed by atoms with E-state index < -0.39 is 11.7 Å². The molecule has 26 heavy (non-hydrogen) atoms. The average molecular weight is 353 g/mol. The summed E-state index contributed by atoms with van der Waals surface area (Å²) < 4.78 is 11.4. The van der Waals surface area contributed by atoms with Crippen LogP contribution in [0.15, 0.2) is 30.3 Å². The highest BCUT2D eigenvalue weighted by Gasteiger charge is 2.64. The normalized spacial score (nSPS) is 37.3. The van der Waals surface area contributed by atoms with E-state index in [2.05, 4.69) is 23.1 Å². The molecule has 3 saturated heterocycles.